The molecule has 0 atom stereocenters. The summed E-state index contributed by atoms with van der Waals surface area (Å²) < 4.78 is 62.5. The first-order valence-electron chi connectivity index (χ1n) is 3.81. The van der Waals surface area contributed by atoms with E-state index >= 15 is 0 Å². The van der Waals surface area contributed by atoms with Gasteiger partial charge in [0.15, 0.2) is 17.5 Å². The molecule has 0 heterocycles. The van der Waals surface area contributed by atoms with Gasteiger partial charge in [-0.2, -0.15) is 13.2 Å². The second kappa shape index (κ2) is 3.95. The van der Waals surface area contributed by atoms with Crippen molar-refractivity contribution in [1.29, 1.82) is 0 Å². The molecule has 0 unspecified atom stereocenters. The van der Waals surface area contributed by atoms with Crippen molar-refractivity contribution in [3.05, 3.63) is 34.9 Å². The molecule has 3 N–H and O–H groups in total. The Morgan fingerprint density at radius 2 is 1.69 bits per heavy atom. The maximum atomic E-state index is 12.7. The van der Waals surface area contributed by atoms with Crippen LogP contribution in [0.5, 0.6) is 0 Å². The van der Waals surface area contributed by atoms with Crippen molar-refractivity contribution in [2.45, 2.75) is 6.18 Å². The van der Waals surface area contributed by atoms with Gasteiger partial charge in [-0.15, -0.1) is 0 Å². The van der Waals surface area contributed by atoms with E-state index in [1.54, 1.807) is 0 Å². The molecule has 0 saturated carbocycles. The van der Waals surface area contributed by atoms with E-state index in [-0.39, 0.29) is 12.1 Å². The van der Waals surface area contributed by atoms with Crippen LogP contribution in [0.25, 0.3) is 0 Å². The van der Waals surface area contributed by atoms with Crippen molar-refractivity contribution in [3.8, 4) is 0 Å². The molecule has 0 aliphatic carbocycles. The Kier molecular flexibility index (Phi) is 3.02. The highest BCUT2D eigenvalue weighted by atomic mass is 19.4. The molecule has 0 bridgehead atoms. The Morgan fingerprint density at radius 1 is 1.19 bits per heavy atom. The molecule has 0 aromatic heterocycles. The van der Waals surface area contributed by atoms with Crippen LogP contribution in [-0.2, 0) is 6.18 Å². The van der Waals surface area contributed by atoms with E-state index < -0.39 is 34.8 Å². The second-order valence-corrected chi connectivity index (χ2v) is 2.79. The van der Waals surface area contributed by atoms with Gasteiger partial charge in [-0.05, 0) is 12.1 Å². The highest BCUT2D eigenvalue weighted by Gasteiger charge is 2.35. The van der Waals surface area contributed by atoms with Gasteiger partial charge < -0.3 is 10.9 Å². The summed E-state index contributed by atoms with van der Waals surface area (Å²) in [5.74, 6) is -4.14. The Morgan fingerprint density at radius 3 is 2.12 bits per heavy atom. The van der Waals surface area contributed by atoms with Gasteiger partial charge in [-0.1, -0.05) is 5.16 Å². The number of oxime groups is 1. The van der Waals surface area contributed by atoms with Crippen LogP contribution in [0.1, 0.15) is 11.1 Å². The predicted octanol–water partition coefficient (Wildman–Crippen LogP) is 2.08. The second-order valence-electron chi connectivity index (χ2n) is 2.79. The van der Waals surface area contributed by atoms with Gasteiger partial charge >= 0.3 is 6.18 Å². The zero-order chi connectivity index (χ0) is 12.5. The maximum absolute atomic E-state index is 12.7. The third-order valence-corrected chi connectivity index (χ3v) is 1.75. The summed E-state index contributed by atoms with van der Waals surface area (Å²) in [5, 5.41) is 10.5. The minimum atomic E-state index is -4.93. The SMILES string of the molecule is N/C(=N/O)c1cc(F)c(F)cc1C(F)(F)F. The fourth-order valence-corrected chi connectivity index (χ4v) is 1.05. The number of hydrogen-bond acceptors (Lipinski definition) is 2. The molecule has 0 aliphatic heterocycles. The van der Waals surface area contributed by atoms with Gasteiger partial charge in [0.25, 0.3) is 0 Å². The van der Waals surface area contributed by atoms with E-state index in [0.717, 1.165) is 0 Å². The first-order valence-corrected chi connectivity index (χ1v) is 3.81. The smallest absolute Gasteiger partial charge is 0.409 e. The van der Waals surface area contributed by atoms with Crippen LogP contribution >= 0.6 is 0 Å². The molecule has 16 heavy (non-hydrogen) atoms. The third kappa shape index (κ3) is 2.20. The lowest BCUT2D eigenvalue weighted by molar-refractivity contribution is -0.137. The molecule has 1 aromatic rings. The highest BCUT2D eigenvalue weighted by molar-refractivity contribution is 5.98. The van der Waals surface area contributed by atoms with Crippen molar-refractivity contribution in [2.75, 3.05) is 0 Å². The van der Waals surface area contributed by atoms with Crippen molar-refractivity contribution in [2.24, 2.45) is 10.9 Å². The average molecular weight is 240 g/mol. The molecule has 0 fully saturated rings. The fraction of sp³-hybridized carbons (Fsp3) is 0.125. The normalized spacial score (nSPS) is 12.9. The molecule has 0 saturated heterocycles. The number of alkyl halides is 3. The molecule has 0 aliphatic rings. The Labute approximate surface area is 86.0 Å². The first kappa shape index (κ1) is 12.2. The number of nitrogens with zero attached hydrogens (tertiary/aromatic N) is 1. The molecule has 0 amide bonds. The number of halogens is 5. The van der Waals surface area contributed by atoms with Crippen LogP contribution in [0.2, 0.25) is 0 Å². The van der Waals surface area contributed by atoms with Crippen LogP contribution in [0.4, 0.5) is 22.0 Å². The first-order chi connectivity index (χ1) is 7.27. The topological polar surface area (TPSA) is 58.6 Å². The van der Waals surface area contributed by atoms with Gasteiger partial charge in [-0.3, -0.25) is 0 Å². The summed E-state index contributed by atoms with van der Waals surface area (Å²) in [4.78, 5) is 0. The summed E-state index contributed by atoms with van der Waals surface area (Å²) in [6.07, 6.45) is -4.93. The zero-order valence-corrected chi connectivity index (χ0v) is 7.52. The van der Waals surface area contributed by atoms with Crippen LogP contribution in [0.15, 0.2) is 17.3 Å². The molecule has 8 heteroatoms. The summed E-state index contributed by atoms with van der Waals surface area (Å²) in [7, 11) is 0. The van der Waals surface area contributed by atoms with Gasteiger partial charge in [0, 0.05) is 5.56 Å². The summed E-state index contributed by atoms with van der Waals surface area (Å²) in [6.45, 7) is 0. The van der Waals surface area contributed by atoms with Gasteiger partial charge in [-0.25, -0.2) is 8.78 Å². The lowest BCUT2D eigenvalue weighted by Gasteiger charge is -2.12. The van der Waals surface area contributed by atoms with E-state index in [2.05, 4.69) is 5.16 Å². The van der Waals surface area contributed by atoms with Crippen molar-refractivity contribution in [1.82, 2.24) is 0 Å². The number of rotatable bonds is 1. The van der Waals surface area contributed by atoms with E-state index in [9.17, 15) is 22.0 Å². The van der Waals surface area contributed by atoms with Crippen LogP contribution in [0.3, 0.4) is 0 Å². The third-order valence-electron chi connectivity index (χ3n) is 1.75. The standard InChI is InChI=1S/C8H5F5N2O/c9-5-1-3(7(14)15-16)4(2-6(5)10)8(11,12)13/h1-2,16H,(H2,14,15). The number of nitrogens with two attached hydrogens (primary N) is 1. The highest BCUT2D eigenvalue weighted by Crippen LogP contribution is 2.33. The summed E-state index contributed by atoms with van der Waals surface area (Å²) in [5.41, 5.74) is 2.49. The molecule has 0 spiro atoms. The average Bonchev–Trinajstić information content (AvgIpc) is 2.18. The van der Waals surface area contributed by atoms with Crippen LogP contribution < -0.4 is 5.73 Å². The molecular weight excluding hydrogens is 235 g/mol. The number of hydrogen-bond donors (Lipinski definition) is 2. The van der Waals surface area contributed by atoms with Crippen LogP contribution in [0, 0.1) is 11.6 Å². The molecule has 3 nitrogen and oxygen atoms in total. The minimum Gasteiger partial charge on any atom is -0.409 e. The van der Waals surface area contributed by atoms with Gasteiger partial charge in [0.05, 0.1) is 5.56 Å². The molecular formula is C8H5F5N2O. The molecule has 0 radical (unpaired) electrons. The monoisotopic (exact) mass is 240 g/mol. The molecule has 1 aromatic carbocycles. The maximum Gasteiger partial charge on any atom is 0.417 e. The van der Waals surface area contributed by atoms with Crippen molar-refractivity contribution in [3.63, 3.8) is 0 Å². The number of amidine groups is 1. The van der Waals surface area contributed by atoms with E-state index in [1.807, 2.05) is 0 Å². The van der Waals surface area contributed by atoms with E-state index in [0.29, 0.717) is 0 Å². The van der Waals surface area contributed by atoms with E-state index in [4.69, 9.17) is 10.9 Å². The molecule has 88 valence electrons. The fourth-order valence-electron chi connectivity index (χ4n) is 1.05. The zero-order valence-electron chi connectivity index (χ0n) is 7.52. The van der Waals surface area contributed by atoms with E-state index in [1.165, 1.54) is 0 Å². The Hall–Kier alpha value is -1.86. The molecule has 1 rings (SSSR count). The summed E-state index contributed by atoms with van der Waals surface area (Å²) in [6, 6.07) is 0.163. The quantitative estimate of drug-likeness (QED) is 0.259. The van der Waals surface area contributed by atoms with Crippen molar-refractivity contribution < 1.29 is 27.2 Å². The Balaban J connectivity index is 3.52. The Bertz CT molecular complexity index is 441. The minimum absolute atomic E-state index is 0.0529. The lowest BCUT2D eigenvalue weighted by atomic mass is 10.1. The largest absolute Gasteiger partial charge is 0.417 e. The van der Waals surface area contributed by atoms with Crippen molar-refractivity contribution >= 4 is 5.84 Å². The predicted molar refractivity (Wildman–Crippen MR) is 43.9 cm³/mol. The lowest BCUT2D eigenvalue weighted by Crippen LogP contribution is -2.20. The van der Waals surface area contributed by atoms with Gasteiger partial charge in [0.1, 0.15) is 0 Å². The van der Waals surface area contributed by atoms with Crippen LogP contribution in [-0.4, -0.2) is 11.0 Å². The summed E-state index contributed by atoms with van der Waals surface area (Å²) >= 11 is 0. The van der Waals surface area contributed by atoms with Gasteiger partial charge in [0.2, 0.25) is 0 Å². The number of benzene rings is 1.